The molecule has 1 saturated heterocycles. The van der Waals surface area contributed by atoms with Crippen LogP contribution < -0.4 is 5.32 Å². The average Bonchev–Trinajstić information content (AvgIpc) is 3.29. The number of benzene rings is 1. The second-order valence-corrected chi connectivity index (χ2v) is 6.10. The van der Waals surface area contributed by atoms with Crippen LogP contribution in [0.15, 0.2) is 24.3 Å². The lowest BCUT2D eigenvalue weighted by atomic mass is 9.97. The molecule has 0 radical (unpaired) electrons. The molecule has 2 nitrogen and oxygen atoms in total. The van der Waals surface area contributed by atoms with Crippen LogP contribution in [0.3, 0.4) is 0 Å². The highest BCUT2D eigenvalue weighted by Crippen LogP contribution is 2.41. The molecule has 0 amide bonds. The first kappa shape index (κ1) is 20.6. The van der Waals surface area contributed by atoms with Gasteiger partial charge in [-0.2, -0.15) is 13.2 Å². The lowest BCUT2D eigenvalue weighted by molar-refractivity contribution is -0.137. The Morgan fingerprint density at radius 2 is 1.78 bits per heavy atom. The Morgan fingerprint density at radius 1 is 1.13 bits per heavy atom. The van der Waals surface area contributed by atoms with Crippen molar-refractivity contribution >= 4 is 24.8 Å². The first-order chi connectivity index (χ1) is 10.0. The van der Waals surface area contributed by atoms with Crippen LogP contribution in [0.4, 0.5) is 13.2 Å². The van der Waals surface area contributed by atoms with E-state index in [9.17, 15) is 13.2 Å². The molecule has 1 atom stereocenters. The van der Waals surface area contributed by atoms with Crippen molar-refractivity contribution in [3.8, 4) is 0 Å². The van der Waals surface area contributed by atoms with E-state index in [4.69, 9.17) is 0 Å². The summed E-state index contributed by atoms with van der Waals surface area (Å²) in [7, 11) is 0. The third-order valence-corrected chi connectivity index (χ3v) is 4.44. The highest BCUT2D eigenvalue weighted by molar-refractivity contribution is 5.85. The Balaban J connectivity index is 0.00000132. The molecule has 0 bridgehead atoms. The van der Waals surface area contributed by atoms with E-state index in [1.165, 1.54) is 18.9 Å². The summed E-state index contributed by atoms with van der Waals surface area (Å²) in [5.41, 5.74) is 0.287. The number of hydrogen-bond donors (Lipinski definition) is 1. The van der Waals surface area contributed by atoms with E-state index in [0.717, 1.165) is 44.2 Å². The molecule has 2 fully saturated rings. The van der Waals surface area contributed by atoms with E-state index in [1.54, 1.807) is 6.07 Å². The Hall–Kier alpha value is -0.490. The molecule has 1 N–H and O–H groups in total. The minimum absolute atomic E-state index is 0. The van der Waals surface area contributed by atoms with Crippen molar-refractivity contribution in [2.24, 2.45) is 5.92 Å². The third-order valence-electron chi connectivity index (χ3n) is 4.44. The quantitative estimate of drug-likeness (QED) is 0.849. The van der Waals surface area contributed by atoms with E-state index < -0.39 is 11.7 Å². The van der Waals surface area contributed by atoms with Gasteiger partial charge in [0.25, 0.3) is 0 Å². The van der Waals surface area contributed by atoms with Gasteiger partial charge in [0, 0.05) is 32.2 Å². The SMILES string of the molecule is Cl.Cl.FC(F)(F)c1cccc([C@H](CC2CC2)N2CCNCC2)c1. The molecule has 1 saturated carbocycles. The third kappa shape index (κ3) is 5.52. The highest BCUT2D eigenvalue weighted by Gasteiger charge is 2.34. The molecule has 1 aliphatic heterocycles. The monoisotopic (exact) mass is 370 g/mol. The van der Waals surface area contributed by atoms with Gasteiger partial charge in [-0.1, -0.05) is 25.0 Å². The van der Waals surface area contributed by atoms with Crippen molar-refractivity contribution in [2.45, 2.75) is 31.5 Å². The number of nitrogens with one attached hydrogen (secondary N) is 1. The number of nitrogens with zero attached hydrogens (tertiary/aromatic N) is 1. The standard InChI is InChI=1S/C16H21F3N2.2ClH/c17-16(18,19)14-3-1-2-13(11-14)15(10-12-4-5-12)21-8-6-20-7-9-21;;/h1-3,11-12,15,20H,4-10H2;2*1H/t15-;;/m0../s1. The zero-order valence-corrected chi connectivity index (χ0v) is 14.4. The summed E-state index contributed by atoms with van der Waals surface area (Å²) in [6, 6.07) is 6.02. The number of piperazine rings is 1. The fraction of sp³-hybridized carbons (Fsp3) is 0.625. The zero-order chi connectivity index (χ0) is 14.9. The number of alkyl halides is 3. The van der Waals surface area contributed by atoms with Crippen LogP contribution in [-0.4, -0.2) is 31.1 Å². The Kier molecular flexibility index (Phi) is 7.65. The summed E-state index contributed by atoms with van der Waals surface area (Å²) in [5, 5.41) is 3.30. The summed E-state index contributed by atoms with van der Waals surface area (Å²) in [6.45, 7) is 3.65. The van der Waals surface area contributed by atoms with Gasteiger partial charge in [0.15, 0.2) is 0 Å². The molecule has 2 aliphatic rings. The van der Waals surface area contributed by atoms with Crippen molar-refractivity contribution in [2.75, 3.05) is 26.2 Å². The van der Waals surface area contributed by atoms with Gasteiger partial charge in [-0.3, -0.25) is 4.90 Å². The molecular formula is C16H23Cl2F3N2. The van der Waals surface area contributed by atoms with Gasteiger partial charge in [-0.25, -0.2) is 0 Å². The summed E-state index contributed by atoms with van der Waals surface area (Å²) in [5.74, 6) is 0.694. The predicted molar refractivity (Wildman–Crippen MR) is 90.5 cm³/mol. The molecule has 23 heavy (non-hydrogen) atoms. The van der Waals surface area contributed by atoms with Gasteiger partial charge in [0.05, 0.1) is 5.56 Å². The highest BCUT2D eigenvalue weighted by atomic mass is 35.5. The Morgan fingerprint density at radius 3 is 2.35 bits per heavy atom. The van der Waals surface area contributed by atoms with Crippen LogP contribution >= 0.6 is 24.8 Å². The molecule has 3 rings (SSSR count). The summed E-state index contributed by atoms with van der Waals surface area (Å²) >= 11 is 0. The van der Waals surface area contributed by atoms with Gasteiger partial charge in [-0.05, 0) is 30.0 Å². The molecule has 0 unspecified atom stereocenters. The van der Waals surface area contributed by atoms with Crippen LogP contribution in [0.25, 0.3) is 0 Å². The van der Waals surface area contributed by atoms with Crippen LogP contribution in [0.5, 0.6) is 0 Å². The largest absolute Gasteiger partial charge is 0.416 e. The average molecular weight is 371 g/mol. The van der Waals surface area contributed by atoms with Crippen molar-refractivity contribution in [1.82, 2.24) is 10.2 Å². The van der Waals surface area contributed by atoms with Gasteiger partial charge in [-0.15, -0.1) is 24.8 Å². The summed E-state index contributed by atoms with van der Waals surface area (Å²) < 4.78 is 38.8. The fourth-order valence-corrected chi connectivity index (χ4v) is 3.08. The molecule has 1 aromatic rings. The maximum Gasteiger partial charge on any atom is 0.416 e. The van der Waals surface area contributed by atoms with Crippen LogP contribution in [-0.2, 0) is 6.18 Å². The molecule has 0 aromatic heterocycles. The van der Waals surface area contributed by atoms with E-state index in [-0.39, 0.29) is 30.9 Å². The lowest BCUT2D eigenvalue weighted by Crippen LogP contribution is -2.45. The Labute approximate surface area is 147 Å². The molecule has 1 aliphatic carbocycles. The number of rotatable bonds is 4. The Bertz CT molecular complexity index is 486. The van der Waals surface area contributed by atoms with Crippen LogP contribution in [0, 0.1) is 5.92 Å². The second-order valence-electron chi connectivity index (χ2n) is 6.10. The van der Waals surface area contributed by atoms with Crippen molar-refractivity contribution in [3.05, 3.63) is 35.4 Å². The molecular weight excluding hydrogens is 348 g/mol. The van der Waals surface area contributed by atoms with Gasteiger partial charge in [0.2, 0.25) is 0 Å². The van der Waals surface area contributed by atoms with Crippen molar-refractivity contribution in [1.29, 1.82) is 0 Å². The van der Waals surface area contributed by atoms with Gasteiger partial charge in [0.1, 0.15) is 0 Å². The lowest BCUT2D eigenvalue weighted by Gasteiger charge is -2.35. The van der Waals surface area contributed by atoms with Gasteiger partial charge >= 0.3 is 6.18 Å². The molecule has 7 heteroatoms. The topological polar surface area (TPSA) is 15.3 Å². The van der Waals surface area contributed by atoms with Crippen molar-refractivity contribution in [3.63, 3.8) is 0 Å². The van der Waals surface area contributed by atoms with E-state index in [1.807, 2.05) is 6.07 Å². The predicted octanol–water partition coefficient (Wildman–Crippen LogP) is 4.30. The van der Waals surface area contributed by atoms with E-state index in [2.05, 4.69) is 10.2 Å². The minimum atomic E-state index is -4.26. The normalized spacial score (nSPS) is 20.3. The maximum absolute atomic E-state index is 12.9. The van der Waals surface area contributed by atoms with Crippen LogP contribution in [0.2, 0.25) is 0 Å². The summed E-state index contributed by atoms with van der Waals surface area (Å²) in [6.07, 6.45) is -0.825. The number of hydrogen-bond acceptors (Lipinski definition) is 2. The molecule has 0 spiro atoms. The minimum Gasteiger partial charge on any atom is -0.314 e. The van der Waals surface area contributed by atoms with Crippen LogP contribution in [0.1, 0.15) is 36.4 Å². The van der Waals surface area contributed by atoms with Gasteiger partial charge < -0.3 is 5.32 Å². The zero-order valence-electron chi connectivity index (χ0n) is 12.8. The molecule has 1 heterocycles. The first-order valence-corrected chi connectivity index (χ1v) is 7.66. The first-order valence-electron chi connectivity index (χ1n) is 7.66. The van der Waals surface area contributed by atoms with E-state index >= 15 is 0 Å². The smallest absolute Gasteiger partial charge is 0.314 e. The number of halogens is 5. The maximum atomic E-state index is 12.9. The second kappa shape index (κ2) is 8.56. The molecule has 1 aromatic carbocycles. The fourth-order valence-electron chi connectivity index (χ4n) is 3.08. The summed E-state index contributed by atoms with van der Waals surface area (Å²) in [4.78, 5) is 2.34. The van der Waals surface area contributed by atoms with E-state index in [0.29, 0.717) is 5.92 Å². The molecule has 132 valence electrons. The van der Waals surface area contributed by atoms with Crippen molar-refractivity contribution < 1.29 is 13.2 Å².